The summed E-state index contributed by atoms with van der Waals surface area (Å²) in [6.07, 6.45) is 6.21. The maximum Gasteiger partial charge on any atom is 0.274 e. The van der Waals surface area contributed by atoms with E-state index in [9.17, 15) is 4.79 Å². The number of hydrogen-bond donors (Lipinski definition) is 3. The summed E-state index contributed by atoms with van der Waals surface area (Å²) in [5, 5.41) is 6.19. The van der Waals surface area contributed by atoms with Crippen LogP contribution in [0.15, 0.2) is 79.5 Å². The number of carbonyl (C=O) groups is 1. The van der Waals surface area contributed by atoms with Crippen molar-refractivity contribution in [2.75, 3.05) is 55.8 Å². The van der Waals surface area contributed by atoms with Crippen molar-refractivity contribution in [2.45, 2.75) is 13.0 Å². The van der Waals surface area contributed by atoms with E-state index in [0.717, 1.165) is 62.9 Å². The summed E-state index contributed by atoms with van der Waals surface area (Å²) >= 11 is 0. The summed E-state index contributed by atoms with van der Waals surface area (Å²) in [5.74, 6) is 0.495. The lowest BCUT2D eigenvalue weighted by Crippen LogP contribution is -2.38. The zero-order valence-corrected chi connectivity index (χ0v) is 20.4. The molecule has 0 bridgehead atoms. The molecule has 0 radical (unpaired) electrons. The van der Waals surface area contributed by atoms with Crippen LogP contribution in [0.2, 0.25) is 0 Å². The number of nitrogens with two attached hydrogens (primary N) is 1. The van der Waals surface area contributed by atoms with Crippen molar-refractivity contribution in [2.24, 2.45) is 0 Å². The number of hydrogen-bond acceptors (Lipinski definition) is 8. The average Bonchev–Trinajstić information content (AvgIpc) is 2.91. The molecule has 4 N–H and O–H groups in total. The number of carbonyl (C=O) groups excluding carboxylic acids is 1. The van der Waals surface area contributed by atoms with Crippen LogP contribution >= 0.6 is 0 Å². The highest BCUT2D eigenvalue weighted by atomic mass is 16.5. The summed E-state index contributed by atoms with van der Waals surface area (Å²) in [5.41, 5.74) is 9.25. The van der Waals surface area contributed by atoms with E-state index in [1.807, 2.05) is 30.3 Å². The van der Waals surface area contributed by atoms with Gasteiger partial charge in [0.05, 0.1) is 30.4 Å². The van der Waals surface area contributed by atoms with Gasteiger partial charge < -0.3 is 26.0 Å². The maximum absolute atomic E-state index is 12.6. The number of pyridine rings is 2. The van der Waals surface area contributed by atoms with Crippen molar-refractivity contribution in [3.63, 3.8) is 0 Å². The molecule has 0 spiro atoms. The minimum Gasteiger partial charge on any atom is -0.397 e. The third-order valence-corrected chi connectivity index (χ3v) is 6.00. The van der Waals surface area contributed by atoms with Crippen LogP contribution in [0.1, 0.15) is 22.5 Å². The maximum atomic E-state index is 12.6. The summed E-state index contributed by atoms with van der Waals surface area (Å²) in [6, 6.07) is 14.6. The van der Waals surface area contributed by atoms with Crippen molar-refractivity contribution in [1.82, 2.24) is 19.8 Å². The molecule has 36 heavy (non-hydrogen) atoms. The van der Waals surface area contributed by atoms with Gasteiger partial charge in [0.1, 0.15) is 5.69 Å². The Morgan fingerprint density at radius 2 is 1.86 bits per heavy atom. The van der Waals surface area contributed by atoms with Crippen LogP contribution in [0.5, 0.6) is 0 Å². The number of aromatic nitrogens is 2. The van der Waals surface area contributed by atoms with E-state index in [-0.39, 0.29) is 5.91 Å². The van der Waals surface area contributed by atoms with E-state index >= 15 is 0 Å². The Morgan fingerprint density at radius 3 is 2.58 bits per heavy atom. The van der Waals surface area contributed by atoms with Crippen molar-refractivity contribution in [3.05, 3.63) is 90.8 Å². The largest absolute Gasteiger partial charge is 0.397 e. The van der Waals surface area contributed by atoms with Crippen LogP contribution < -0.4 is 16.4 Å². The molecule has 9 heteroatoms. The number of nitrogens with zero attached hydrogens (tertiary/aromatic N) is 4. The molecule has 1 aliphatic heterocycles. The second-order valence-electron chi connectivity index (χ2n) is 8.63. The highest BCUT2D eigenvalue weighted by Gasteiger charge is 2.14. The van der Waals surface area contributed by atoms with Crippen LogP contribution in [0.25, 0.3) is 0 Å². The number of anilines is 3. The van der Waals surface area contributed by atoms with Crippen LogP contribution in [-0.4, -0.2) is 65.1 Å². The Kier molecular flexibility index (Phi) is 8.85. The van der Waals surface area contributed by atoms with E-state index in [0.29, 0.717) is 23.6 Å². The number of para-hydroxylation sites is 2. The zero-order valence-electron chi connectivity index (χ0n) is 20.4. The molecule has 0 saturated carbocycles. The van der Waals surface area contributed by atoms with Crippen LogP contribution in [0.4, 0.5) is 17.1 Å². The molecule has 1 aliphatic rings. The SMILES string of the molecule is C=C(Nc1ccncc1)N(CCCN1CCOCC1)Cc1ccc(C(=O)Nc2ccccc2N)nc1. The van der Waals surface area contributed by atoms with Gasteiger partial charge in [0.25, 0.3) is 5.91 Å². The summed E-state index contributed by atoms with van der Waals surface area (Å²) < 4.78 is 5.45. The number of benzene rings is 1. The third-order valence-electron chi connectivity index (χ3n) is 6.00. The first-order valence-corrected chi connectivity index (χ1v) is 12.1. The molecule has 0 unspecified atom stereocenters. The smallest absolute Gasteiger partial charge is 0.274 e. The predicted octanol–water partition coefficient (Wildman–Crippen LogP) is 3.42. The van der Waals surface area contributed by atoms with E-state index in [1.165, 1.54) is 0 Å². The van der Waals surface area contributed by atoms with E-state index in [4.69, 9.17) is 10.5 Å². The molecule has 1 aromatic carbocycles. The molecule has 3 aromatic rings. The number of morpholine rings is 1. The Labute approximate surface area is 212 Å². The van der Waals surface area contributed by atoms with E-state index in [2.05, 4.69) is 37.0 Å². The molecule has 1 amide bonds. The van der Waals surface area contributed by atoms with Gasteiger partial charge >= 0.3 is 0 Å². The Hall–Kier alpha value is -3.95. The number of nitrogen functional groups attached to an aromatic ring is 1. The van der Waals surface area contributed by atoms with Gasteiger partial charge in [-0.25, -0.2) is 0 Å². The topological polar surface area (TPSA) is 109 Å². The normalized spacial score (nSPS) is 13.7. The second kappa shape index (κ2) is 12.7. The number of rotatable bonds is 11. The van der Waals surface area contributed by atoms with Crippen molar-refractivity contribution in [1.29, 1.82) is 0 Å². The van der Waals surface area contributed by atoms with E-state index < -0.39 is 0 Å². The van der Waals surface area contributed by atoms with Gasteiger partial charge in [0.2, 0.25) is 0 Å². The van der Waals surface area contributed by atoms with Crippen molar-refractivity contribution >= 4 is 23.0 Å². The highest BCUT2D eigenvalue weighted by molar-refractivity contribution is 6.04. The summed E-state index contributed by atoms with van der Waals surface area (Å²) in [4.78, 5) is 25.7. The summed E-state index contributed by atoms with van der Waals surface area (Å²) in [7, 11) is 0. The fourth-order valence-electron chi connectivity index (χ4n) is 3.97. The van der Waals surface area contributed by atoms with Crippen LogP contribution in [0, 0.1) is 0 Å². The van der Waals surface area contributed by atoms with E-state index in [1.54, 1.807) is 36.8 Å². The quantitative estimate of drug-likeness (QED) is 0.353. The molecule has 0 aliphatic carbocycles. The Morgan fingerprint density at radius 1 is 1.08 bits per heavy atom. The fraction of sp³-hybridized carbons (Fsp3) is 0.296. The Balaban J connectivity index is 1.39. The first-order valence-electron chi connectivity index (χ1n) is 12.1. The van der Waals surface area contributed by atoms with Gasteiger partial charge in [-0.05, 0) is 42.3 Å². The van der Waals surface area contributed by atoms with Crippen molar-refractivity contribution in [3.8, 4) is 0 Å². The van der Waals surface area contributed by atoms with Gasteiger partial charge in [-0.1, -0.05) is 24.8 Å². The molecule has 4 rings (SSSR count). The minimum atomic E-state index is -0.300. The molecule has 9 nitrogen and oxygen atoms in total. The van der Waals surface area contributed by atoms with Crippen LogP contribution in [0.3, 0.4) is 0 Å². The van der Waals surface area contributed by atoms with Gasteiger partial charge in [0.15, 0.2) is 0 Å². The second-order valence-corrected chi connectivity index (χ2v) is 8.63. The average molecular weight is 488 g/mol. The standard InChI is InChI=1S/C27H33N7O2/c1-21(31-23-9-11-29-12-10-23)34(14-4-13-33-15-17-36-18-16-33)20-22-7-8-26(30-19-22)27(35)32-25-6-3-2-5-24(25)28/h2-3,5-12,19H,1,4,13-18,20,28H2,(H,29,31)(H,32,35). The monoisotopic (exact) mass is 487 g/mol. The summed E-state index contributed by atoms with van der Waals surface area (Å²) in [6.45, 7) is 10.2. The molecular weight excluding hydrogens is 454 g/mol. The van der Waals surface area contributed by atoms with Gasteiger partial charge in [0, 0.05) is 57.0 Å². The molecule has 3 heterocycles. The van der Waals surface area contributed by atoms with Crippen LogP contribution in [-0.2, 0) is 11.3 Å². The van der Waals surface area contributed by atoms with Gasteiger partial charge in [-0.3, -0.25) is 19.7 Å². The molecule has 0 atom stereocenters. The van der Waals surface area contributed by atoms with Gasteiger partial charge in [-0.2, -0.15) is 0 Å². The zero-order chi connectivity index (χ0) is 25.2. The predicted molar refractivity (Wildman–Crippen MR) is 142 cm³/mol. The molecule has 188 valence electrons. The first-order chi connectivity index (χ1) is 17.6. The molecule has 1 fully saturated rings. The lowest BCUT2D eigenvalue weighted by molar-refractivity contribution is 0.0364. The minimum absolute atomic E-state index is 0.300. The highest BCUT2D eigenvalue weighted by Crippen LogP contribution is 2.18. The van der Waals surface area contributed by atoms with Crippen molar-refractivity contribution < 1.29 is 9.53 Å². The fourth-order valence-corrected chi connectivity index (χ4v) is 3.97. The van der Waals surface area contributed by atoms with Gasteiger partial charge in [-0.15, -0.1) is 0 Å². The molecule has 1 saturated heterocycles. The molecular formula is C27H33N7O2. The first kappa shape index (κ1) is 25.2. The lowest BCUT2D eigenvalue weighted by atomic mass is 10.2. The lowest BCUT2D eigenvalue weighted by Gasteiger charge is -2.30. The number of amides is 1. The third kappa shape index (κ3) is 7.27. The molecule has 2 aromatic heterocycles. The number of nitrogens with one attached hydrogen (secondary N) is 2. The Bertz CT molecular complexity index is 1130. The number of ether oxygens (including phenoxy) is 1.